The molecule has 0 fully saturated rings. The maximum atomic E-state index is 12.4. The second-order valence-electron chi connectivity index (χ2n) is 6.28. The Hall–Kier alpha value is -3.70. The van der Waals surface area contributed by atoms with Crippen molar-refractivity contribution in [3.63, 3.8) is 0 Å². The van der Waals surface area contributed by atoms with Crippen molar-refractivity contribution in [1.82, 2.24) is 4.57 Å². The van der Waals surface area contributed by atoms with Crippen molar-refractivity contribution in [1.29, 1.82) is 0 Å². The van der Waals surface area contributed by atoms with Crippen molar-refractivity contribution < 1.29 is 19.4 Å². The molecular formula is C20H18N4O6S. The Labute approximate surface area is 180 Å². The Kier molecular flexibility index (Phi) is 7.00. The van der Waals surface area contributed by atoms with Crippen LogP contribution in [0.25, 0.3) is 16.3 Å². The smallest absolute Gasteiger partial charge is 0.272 e. The van der Waals surface area contributed by atoms with Gasteiger partial charge < -0.3 is 9.30 Å². The molecule has 0 aliphatic rings. The number of benzene rings is 2. The van der Waals surface area contributed by atoms with E-state index in [1.165, 1.54) is 53.8 Å². The van der Waals surface area contributed by atoms with Crippen molar-refractivity contribution >= 4 is 44.9 Å². The van der Waals surface area contributed by atoms with Gasteiger partial charge in [0.2, 0.25) is 0 Å². The third kappa shape index (κ3) is 5.47. The number of thiazole rings is 1. The van der Waals surface area contributed by atoms with Gasteiger partial charge in [-0.15, -0.1) is 0 Å². The molecule has 0 atom stereocenters. The van der Waals surface area contributed by atoms with Crippen LogP contribution in [0.15, 0.2) is 53.5 Å². The molecular weight excluding hydrogens is 424 g/mol. The molecule has 0 aliphatic carbocycles. The van der Waals surface area contributed by atoms with E-state index < -0.39 is 15.8 Å². The molecule has 0 bridgehead atoms. The maximum absolute atomic E-state index is 12.4. The lowest BCUT2D eigenvalue weighted by molar-refractivity contribution is -0.385. The van der Waals surface area contributed by atoms with Crippen LogP contribution < -0.4 is 4.80 Å². The average Bonchev–Trinajstić information content (AvgIpc) is 3.08. The predicted octanol–water partition coefficient (Wildman–Crippen LogP) is 3.70. The Morgan fingerprint density at radius 3 is 2.61 bits per heavy atom. The van der Waals surface area contributed by atoms with E-state index in [4.69, 9.17) is 4.74 Å². The highest BCUT2D eigenvalue weighted by molar-refractivity contribution is 7.16. The molecule has 160 valence electrons. The topological polar surface area (TPSA) is 130 Å². The molecule has 10 nitrogen and oxygen atoms in total. The predicted molar refractivity (Wildman–Crippen MR) is 116 cm³/mol. The van der Waals surface area contributed by atoms with Gasteiger partial charge in [0.1, 0.15) is 0 Å². The lowest BCUT2D eigenvalue weighted by Gasteiger charge is -2.05. The van der Waals surface area contributed by atoms with Crippen LogP contribution in [0, 0.1) is 20.2 Å². The fourth-order valence-corrected chi connectivity index (χ4v) is 3.86. The largest absolute Gasteiger partial charge is 0.380 e. The molecule has 0 radical (unpaired) electrons. The zero-order valence-electron chi connectivity index (χ0n) is 16.5. The lowest BCUT2D eigenvalue weighted by atomic mass is 10.2. The summed E-state index contributed by atoms with van der Waals surface area (Å²) in [6, 6.07) is 10.3. The number of non-ortho nitro benzene ring substituents is 2. The van der Waals surface area contributed by atoms with Crippen LogP contribution >= 0.6 is 11.3 Å². The summed E-state index contributed by atoms with van der Waals surface area (Å²) in [7, 11) is 0. The van der Waals surface area contributed by atoms with E-state index in [0.717, 1.165) is 4.70 Å². The number of amides is 1. The minimum Gasteiger partial charge on any atom is -0.380 e. The average molecular weight is 442 g/mol. The highest BCUT2D eigenvalue weighted by atomic mass is 32.1. The van der Waals surface area contributed by atoms with Crippen molar-refractivity contribution in [2.24, 2.45) is 4.99 Å². The summed E-state index contributed by atoms with van der Waals surface area (Å²) in [6.07, 6.45) is 2.67. The normalized spacial score (nSPS) is 12.0. The van der Waals surface area contributed by atoms with Gasteiger partial charge in [0.05, 0.1) is 26.7 Å². The fourth-order valence-electron chi connectivity index (χ4n) is 2.81. The van der Waals surface area contributed by atoms with E-state index in [0.29, 0.717) is 35.6 Å². The molecule has 31 heavy (non-hydrogen) atoms. The van der Waals surface area contributed by atoms with Gasteiger partial charge in [-0.1, -0.05) is 23.5 Å². The van der Waals surface area contributed by atoms with Crippen LogP contribution in [-0.4, -0.2) is 33.5 Å². The van der Waals surface area contributed by atoms with Crippen molar-refractivity contribution in [3.8, 4) is 0 Å². The van der Waals surface area contributed by atoms with E-state index in [1.54, 1.807) is 16.7 Å². The fraction of sp³-hybridized carbons (Fsp3) is 0.200. The second-order valence-corrected chi connectivity index (χ2v) is 7.29. The van der Waals surface area contributed by atoms with Crippen LogP contribution in [0.1, 0.15) is 12.5 Å². The number of nitrogens with zero attached hydrogens (tertiary/aromatic N) is 4. The number of carbonyl (C=O) groups excluding carboxylic acids is 1. The molecule has 0 saturated carbocycles. The number of hydrogen-bond donors (Lipinski definition) is 0. The minimum atomic E-state index is -0.558. The first kappa shape index (κ1) is 22.0. The van der Waals surface area contributed by atoms with E-state index in [-0.39, 0.29) is 11.4 Å². The second kappa shape index (κ2) is 9.87. The molecule has 1 amide bonds. The van der Waals surface area contributed by atoms with Gasteiger partial charge in [0.25, 0.3) is 17.3 Å². The molecule has 11 heteroatoms. The summed E-state index contributed by atoms with van der Waals surface area (Å²) < 4.78 is 7.84. The highest BCUT2D eigenvalue weighted by Gasteiger charge is 2.13. The van der Waals surface area contributed by atoms with Crippen LogP contribution in [0.4, 0.5) is 11.4 Å². The minimum absolute atomic E-state index is 0.0566. The number of nitro groups is 2. The van der Waals surface area contributed by atoms with Crippen LogP contribution in [0.2, 0.25) is 0 Å². The number of nitro benzene ring substituents is 2. The monoisotopic (exact) mass is 442 g/mol. The molecule has 0 spiro atoms. The third-order valence-corrected chi connectivity index (χ3v) is 5.30. The molecule has 2 aromatic carbocycles. The quantitative estimate of drug-likeness (QED) is 0.226. The Balaban J connectivity index is 1.96. The highest BCUT2D eigenvalue weighted by Crippen LogP contribution is 2.23. The van der Waals surface area contributed by atoms with E-state index in [9.17, 15) is 25.0 Å². The first-order chi connectivity index (χ1) is 14.9. The van der Waals surface area contributed by atoms with Gasteiger partial charge in [-0.2, -0.15) is 4.99 Å². The summed E-state index contributed by atoms with van der Waals surface area (Å²) in [6.45, 7) is 3.10. The zero-order valence-corrected chi connectivity index (χ0v) is 17.3. The molecule has 0 N–H and O–H groups in total. The summed E-state index contributed by atoms with van der Waals surface area (Å²) in [5.74, 6) is -0.558. The number of carbonyl (C=O) groups is 1. The summed E-state index contributed by atoms with van der Waals surface area (Å²) in [5.41, 5.74) is 0.951. The SMILES string of the molecule is CCOCCn1c(=NC(=O)/C=C/c2cccc([N+](=O)[O-])c2)sc2ccc([N+](=O)[O-])cc21. The van der Waals surface area contributed by atoms with E-state index >= 15 is 0 Å². The number of ether oxygens (including phenoxy) is 1. The molecule has 1 aromatic heterocycles. The first-order valence-electron chi connectivity index (χ1n) is 9.26. The van der Waals surface area contributed by atoms with Gasteiger partial charge in [0.15, 0.2) is 4.80 Å². The van der Waals surface area contributed by atoms with Gasteiger partial charge >= 0.3 is 0 Å². The zero-order chi connectivity index (χ0) is 22.4. The standard InChI is InChI=1S/C20H18N4O6S/c1-2-30-11-10-22-17-13-16(24(28)29)7-8-18(17)31-20(22)21-19(25)9-6-14-4-3-5-15(12-14)23(26)27/h3-9,12-13H,2,10-11H2,1H3/b9-6+,21-20?. The van der Waals surface area contributed by atoms with Crippen molar-refractivity contribution in [2.45, 2.75) is 13.5 Å². The van der Waals surface area contributed by atoms with Gasteiger partial charge in [0, 0.05) is 43.5 Å². The third-order valence-electron chi connectivity index (χ3n) is 4.24. The Bertz CT molecular complexity index is 1240. The lowest BCUT2D eigenvalue weighted by Crippen LogP contribution is -2.19. The van der Waals surface area contributed by atoms with E-state index in [1.807, 2.05) is 6.92 Å². The van der Waals surface area contributed by atoms with Crippen LogP contribution in [-0.2, 0) is 16.1 Å². The van der Waals surface area contributed by atoms with Gasteiger partial charge in [-0.3, -0.25) is 25.0 Å². The van der Waals surface area contributed by atoms with Crippen LogP contribution in [0.3, 0.4) is 0 Å². The van der Waals surface area contributed by atoms with Gasteiger partial charge in [-0.25, -0.2) is 0 Å². The van der Waals surface area contributed by atoms with E-state index in [2.05, 4.69) is 4.99 Å². The number of aromatic nitrogens is 1. The number of fused-ring (bicyclic) bond motifs is 1. The first-order valence-corrected chi connectivity index (χ1v) is 10.1. The molecule has 3 aromatic rings. The molecule has 0 aliphatic heterocycles. The number of hydrogen-bond acceptors (Lipinski definition) is 7. The van der Waals surface area contributed by atoms with Gasteiger partial charge in [-0.05, 0) is 24.6 Å². The molecule has 3 rings (SSSR count). The maximum Gasteiger partial charge on any atom is 0.272 e. The number of rotatable bonds is 8. The summed E-state index contributed by atoms with van der Waals surface area (Å²) in [5, 5.41) is 22.0. The Morgan fingerprint density at radius 2 is 1.90 bits per heavy atom. The summed E-state index contributed by atoms with van der Waals surface area (Å²) in [4.78, 5) is 37.9. The van der Waals surface area contributed by atoms with Crippen LogP contribution in [0.5, 0.6) is 0 Å². The molecule has 0 unspecified atom stereocenters. The molecule has 1 heterocycles. The Morgan fingerprint density at radius 1 is 1.16 bits per heavy atom. The molecule has 0 saturated heterocycles. The van der Waals surface area contributed by atoms with Crippen molar-refractivity contribution in [3.05, 3.63) is 79.1 Å². The summed E-state index contributed by atoms with van der Waals surface area (Å²) >= 11 is 1.23. The van der Waals surface area contributed by atoms with Crippen molar-refractivity contribution in [2.75, 3.05) is 13.2 Å².